The van der Waals surface area contributed by atoms with Crippen LogP contribution in [0, 0.1) is 5.41 Å². The zero-order valence-corrected chi connectivity index (χ0v) is 7.49. The van der Waals surface area contributed by atoms with Gasteiger partial charge in [-0.1, -0.05) is 6.42 Å². The molecule has 0 radical (unpaired) electrons. The summed E-state index contributed by atoms with van der Waals surface area (Å²) < 4.78 is 22.2. The molecular weight excluding hydrogens is 160 g/mol. The van der Waals surface area contributed by atoms with E-state index in [0.29, 0.717) is 16.9 Å². The molecule has 11 heavy (non-hydrogen) atoms. The smallest absolute Gasteiger partial charge is 0.150 e. The van der Waals surface area contributed by atoms with Crippen LogP contribution in [0.2, 0.25) is 0 Å². The van der Waals surface area contributed by atoms with Crippen molar-refractivity contribution in [2.24, 2.45) is 5.41 Å². The third-order valence-electron chi connectivity index (χ3n) is 3.30. The molecule has 1 heterocycles. The maximum Gasteiger partial charge on any atom is 0.150 e. The van der Waals surface area contributed by atoms with Crippen LogP contribution in [0.15, 0.2) is 0 Å². The molecule has 1 aliphatic heterocycles. The standard InChI is InChI=1S/C8H14O2S/c9-11(10)6-4-8(5-7-11)2-1-3-8/h1-7H2. The lowest BCUT2D eigenvalue weighted by Crippen LogP contribution is -2.38. The average Bonchev–Trinajstić information content (AvgIpc) is 1.84. The fraction of sp³-hybridized carbons (Fsp3) is 1.00. The lowest BCUT2D eigenvalue weighted by molar-refractivity contribution is 0.118. The van der Waals surface area contributed by atoms with Gasteiger partial charge in [0, 0.05) is 0 Å². The van der Waals surface area contributed by atoms with Gasteiger partial charge in [0.25, 0.3) is 0 Å². The second kappa shape index (κ2) is 2.22. The summed E-state index contributed by atoms with van der Waals surface area (Å²) in [5, 5.41) is 0. The van der Waals surface area contributed by atoms with Crippen LogP contribution in [0.4, 0.5) is 0 Å². The molecule has 1 saturated heterocycles. The molecule has 0 atom stereocenters. The Morgan fingerprint density at radius 3 is 1.82 bits per heavy atom. The van der Waals surface area contributed by atoms with Crippen molar-refractivity contribution in [3.63, 3.8) is 0 Å². The molecular formula is C8H14O2S. The fourth-order valence-electron chi connectivity index (χ4n) is 2.15. The average molecular weight is 174 g/mol. The topological polar surface area (TPSA) is 34.1 Å². The van der Waals surface area contributed by atoms with Crippen LogP contribution < -0.4 is 0 Å². The molecule has 0 amide bonds. The predicted molar refractivity (Wildman–Crippen MR) is 44.2 cm³/mol. The lowest BCUT2D eigenvalue weighted by Gasteiger charge is -2.44. The molecule has 2 rings (SSSR count). The van der Waals surface area contributed by atoms with Gasteiger partial charge in [0.05, 0.1) is 11.5 Å². The molecule has 0 aromatic rings. The highest BCUT2D eigenvalue weighted by Gasteiger charge is 2.41. The Morgan fingerprint density at radius 1 is 0.909 bits per heavy atom. The molecule has 1 spiro atoms. The molecule has 0 aromatic carbocycles. The van der Waals surface area contributed by atoms with E-state index < -0.39 is 9.84 Å². The van der Waals surface area contributed by atoms with Crippen molar-refractivity contribution >= 4 is 9.84 Å². The first-order chi connectivity index (χ1) is 5.12. The Hall–Kier alpha value is -0.0500. The highest BCUT2D eigenvalue weighted by molar-refractivity contribution is 7.91. The Labute approximate surface area is 67.9 Å². The van der Waals surface area contributed by atoms with Crippen molar-refractivity contribution in [1.82, 2.24) is 0 Å². The Balaban J connectivity index is 2.04. The van der Waals surface area contributed by atoms with Gasteiger partial charge in [-0.3, -0.25) is 0 Å². The predicted octanol–water partition coefficient (Wildman–Crippen LogP) is 1.37. The Morgan fingerprint density at radius 2 is 1.45 bits per heavy atom. The van der Waals surface area contributed by atoms with Gasteiger partial charge in [0.1, 0.15) is 9.84 Å². The van der Waals surface area contributed by atoms with Crippen molar-refractivity contribution in [2.75, 3.05) is 11.5 Å². The first-order valence-corrected chi connectivity index (χ1v) is 6.15. The van der Waals surface area contributed by atoms with Crippen LogP contribution in [0.5, 0.6) is 0 Å². The van der Waals surface area contributed by atoms with Crippen LogP contribution in [0.3, 0.4) is 0 Å². The number of rotatable bonds is 0. The molecule has 0 N–H and O–H groups in total. The van der Waals surface area contributed by atoms with Crippen LogP contribution >= 0.6 is 0 Å². The summed E-state index contributed by atoms with van der Waals surface area (Å²) in [5.41, 5.74) is 0.477. The maximum atomic E-state index is 11.1. The molecule has 2 nitrogen and oxygen atoms in total. The quantitative estimate of drug-likeness (QED) is 0.555. The molecule has 64 valence electrons. The summed E-state index contributed by atoms with van der Waals surface area (Å²) in [5.74, 6) is 0.903. The summed E-state index contributed by atoms with van der Waals surface area (Å²) in [7, 11) is -2.63. The van der Waals surface area contributed by atoms with Gasteiger partial charge in [-0.15, -0.1) is 0 Å². The molecule has 0 unspecified atom stereocenters. The minimum Gasteiger partial charge on any atom is -0.229 e. The van der Waals surface area contributed by atoms with E-state index in [0.717, 1.165) is 12.8 Å². The van der Waals surface area contributed by atoms with Gasteiger partial charge in [0.2, 0.25) is 0 Å². The zero-order chi connectivity index (χ0) is 7.95. The summed E-state index contributed by atoms with van der Waals surface area (Å²) in [6.45, 7) is 0. The number of sulfone groups is 1. The minimum absolute atomic E-state index is 0.451. The van der Waals surface area contributed by atoms with Crippen molar-refractivity contribution in [3.8, 4) is 0 Å². The van der Waals surface area contributed by atoms with Gasteiger partial charge < -0.3 is 0 Å². The van der Waals surface area contributed by atoms with Crippen molar-refractivity contribution in [2.45, 2.75) is 32.1 Å². The monoisotopic (exact) mass is 174 g/mol. The van der Waals surface area contributed by atoms with E-state index in [9.17, 15) is 8.42 Å². The molecule has 1 saturated carbocycles. The van der Waals surface area contributed by atoms with Crippen LogP contribution in [-0.4, -0.2) is 19.9 Å². The third-order valence-corrected chi connectivity index (χ3v) is 4.95. The highest BCUT2D eigenvalue weighted by atomic mass is 32.2. The summed E-state index contributed by atoms with van der Waals surface area (Å²) >= 11 is 0. The van der Waals surface area contributed by atoms with E-state index in [4.69, 9.17) is 0 Å². The summed E-state index contributed by atoms with van der Waals surface area (Å²) in [6.07, 6.45) is 5.76. The van der Waals surface area contributed by atoms with Crippen LogP contribution in [-0.2, 0) is 9.84 Å². The lowest BCUT2D eigenvalue weighted by atomic mass is 9.65. The van der Waals surface area contributed by atoms with Crippen LogP contribution in [0.1, 0.15) is 32.1 Å². The molecule has 0 aromatic heterocycles. The largest absolute Gasteiger partial charge is 0.229 e. The fourth-order valence-corrected chi connectivity index (χ4v) is 3.84. The van der Waals surface area contributed by atoms with E-state index in [-0.39, 0.29) is 0 Å². The van der Waals surface area contributed by atoms with E-state index in [1.54, 1.807) is 0 Å². The molecule has 1 aliphatic carbocycles. The first kappa shape index (κ1) is 7.59. The van der Waals surface area contributed by atoms with Gasteiger partial charge in [-0.05, 0) is 31.1 Å². The normalized spacial score (nSPS) is 33.1. The second-order valence-corrected chi connectivity index (χ2v) is 6.31. The second-order valence-electron chi connectivity index (χ2n) is 4.01. The SMILES string of the molecule is O=S1(=O)CCC2(CCC2)CC1. The molecule has 3 heteroatoms. The third kappa shape index (κ3) is 1.31. The van der Waals surface area contributed by atoms with Crippen molar-refractivity contribution in [1.29, 1.82) is 0 Å². The van der Waals surface area contributed by atoms with E-state index >= 15 is 0 Å². The molecule has 0 bridgehead atoms. The van der Waals surface area contributed by atoms with Crippen LogP contribution in [0.25, 0.3) is 0 Å². The Bertz CT molecular complexity index is 233. The van der Waals surface area contributed by atoms with Gasteiger partial charge in [-0.25, -0.2) is 8.42 Å². The van der Waals surface area contributed by atoms with Gasteiger partial charge in [0.15, 0.2) is 0 Å². The van der Waals surface area contributed by atoms with E-state index in [1.807, 2.05) is 0 Å². The maximum absolute atomic E-state index is 11.1. The molecule has 2 aliphatic rings. The summed E-state index contributed by atoms with van der Waals surface area (Å²) in [4.78, 5) is 0. The first-order valence-electron chi connectivity index (χ1n) is 4.32. The van der Waals surface area contributed by atoms with Crippen molar-refractivity contribution < 1.29 is 8.42 Å². The van der Waals surface area contributed by atoms with Gasteiger partial charge in [-0.2, -0.15) is 0 Å². The van der Waals surface area contributed by atoms with Crippen molar-refractivity contribution in [3.05, 3.63) is 0 Å². The minimum atomic E-state index is -2.63. The van der Waals surface area contributed by atoms with E-state index in [1.165, 1.54) is 19.3 Å². The summed E-state index contributed by atoms with van der Waals surface area (Å²) in [6, 6.07) is 0. The molecule has 2 fully saturated rings. The van der Waals surface area contributed by atoms with Gasteiger partial charge >= 0.3 is 0 Å². The number of hydrogen-bond acceptors (Lipinski definition) is 2. The highest BCUT2D eigenvalue weighted by Crippen LogP contribution is 2.49. The zero-order valence-electron chi connectivity index (χ0n) is 6.67. The Kier molecular flexibility index (Phi) is 1.53. The number of hydrogen-bond donors (Lipinski definition) is 0. The van der Waals surface area contributed by atoms with E-state index in [2.05, 4.69) is 0 Å².